The van der Waals surface area contributed by atoms with Gasteiger partial charge in [-0.3, -0.25) is 0 Å². The fourth-order valence-corrected chi connectivity index (χ4v) is 4.39. The van der Waals surface area contributed by atoms with Gasteiger partial charge in [0.05, 0.1) is 5.02 Å². The molecule has 0 unspecified atom stereocenters. The first-order valence-electron chi connectivity index (χ1n) is 11.6. The van der Waals surface area contributed by atoms with Crippen LogP contribution in [0.5, 0.6) is 0 Å². The first-order chi connectivity index (χ1) is 16.7. The van der Waals surface area contributed by atoms with Gasteiger partial charge in [-0.2, -0.15) is 0 Å². The second-order valence-electron chi connectivity index (χ2n) is 9.05. The molecule has 0 amide bonds. The second-order valence-corrected chi connectivity index (χ2v) is 9.46. The number of rotatable bonds is 8. The molecule has 0 saturated heterocycles. The van der Waals surface area contributed by atoms with Crippen molar-refractivity contribution in [3.05, 3.63) is 117 Å². The van der Waals surface area contributed by atoms with E-state index >= 15 is 0 Å². The van der Waals surface area contributed by atoms with E-state index in [9.17, 15) is 9.18 Å². The predicted octanol–water partition coefficient (Wildman–Crippen LogP) is 8.95. The quantitative estimate of drug-likeness (QED) is 0.195. The number of aryl methyl sites for hydroxylation is 1. The zero-order chi connectivity index (χ0) is 25.5. The Kier molecular flexibility index (Phi) is 8.84. The number of carbonyl (C=O) groups is 1. The van der Waals surface area contributed by atoms with E-state index in [2.05, 4.69) is 45.9 Å². The molecule has 0 aliphatic carbocycles. The van der Waals surface area contributed by atoms with Crippen molar-refractivity contribution in [3.8, 4) is 0 Å². The van der Waals surface area contributed by atoms with Crippen molar-refractivity contribution in [2.45, 2.75) is 34.1 Å². The molecule has 0 fully saturated rings. The highest BCUT2D eigenvalue weighted by molar-refractivity contribution is 6.32. The molecular formula is C31H30ClFO2. The van der Waals surface area contributed by atoms with E-state index in [1.807, 2.05) is 36.4 Å². The average molecular weight is 489 g/mol. The summed E-state index contributed by atoms with van der Waals surface area (Å²) in [6.45, 7) is 8.46. The van der Waals surface area contributed by atoms with Crippen molar-refractivity contribution in [1.82, 2.24) is 0 Å². The Hall–Kier alpha value is -3.43. The van der Waals surface area contributed by atoms with Crippen molar-refractivity contribution in [3.63, 3.8) is 0 Å². The number of hydrogen-bond donors (Lipinski definition) is 1. The standard InChI is InChI=1S/C31H30ClFO2/c1-20(2)17-28(27-15-14-26(33)19-29(27)32)31(22(4)18-25-8-6-5-7-21(25)3)24-12-9-23(10-13-24)11-16-30(34)35/h5-16,18-20H,17H2,1-4H3,(H,34,35)/b16-11+,22-18+,31-28-. The Morgan fingerprint density at radius 2 is 1.74 bits per heavy atom. The van der Waals surface area contributed by atoms with Crippen molar-refractivity contribution in [2.75, 3.05) is 0 Å². The Morgan fingerprint density at radius 1 is 1.06 bits per heavy atom. The predicted molar refractivity (Wildman–Crippen MR) is 146 cm³/mol. The lowest BCUT2D eigenvalue weighted by molar-refractivity contribution is -0.131. The van der Waals surface area contributed by atoms with E-state index in [-0.39, 0.29) is 5.82 Å². The van der Waals surface area contributed by atoms with Crippen LogP contribution in [0, 0.1) is 18.7 Å². The van der Waals surface area contributed by atoms with Crippen LogP contribution in [0.4, 0.5) is 4.39 Å². The van der Waals surface area contributed by atoms with Crippen molar-refractivity contribution in [1.29, 1.82) is 0 Å². The zero-order valence-electron chi connectivity index (χ0n) is 20.5. The number of benzene rings is 3. The molecule has 0 aromatic heterocycles. The minimum atomic E-state index is -0.989. The second kappa shape index (κ2) is 11.8. The van der Waals surface area contributed by atoms with Gasteiger partial charge in [-0.15, -0.1) is 0 Å². The summed E-state index contributed by atoms with van der Waals surface area (Å²) in [4.78, 5) is 10.9. The summed E-state index contributed by atoms with van der Waals surface area (Å²) in [5.74, 6) is -1.02. The Balaban J connectivity index is 2.28. The molecule has 3 aromatic rings. The normalized spacial score (nSPS) is 12.8. The molecule has 3 aromatic carbocycles. The van der Waals surface area contributed by atoms with Gasteiger partial charge in [-0.05, 0) is 88.9 Å². The third-order valence-corrected chi connectivity index (χ3v) is 6.06. The minimum absolute atomic E-state index is 0.338. The van der Waals surface area contributed by atoms with E-state index in [1.54, 1.807) is 12.1 Å². The molecule has 0 aliphatic heterocycles. The molecule has 0 bridgehead atoms. The number of hydrogen-bond acceptors (Lipinski definition) is 1. The summed E-state index contributed by atoms with van der Waals surface area (Å²) in [6.07, 6.45) is 5.61. The average Bonchev–Trinajstić information content (AvgIpc) is 2.79. The fourth-order valence-electron chi connectivity index (χ4n) is 4.11. The van der Waals surface area contributed by atoms with Gasteiger partial charge in [-0.25, -0.2) is 9.18 Å². The lowest BCUT2D eigenvalue weighted by atomic mass is 9.84. The van der Waals surface area contributed by atoms with Gasteiger partial charge in [-0.1, -0.05) is 86.1 Å². The van der Waals surface area contributed by atoms with Crippen LogP contribution < -0.4 is 0 Å². The lowest BCUT2D eigenvalue weighted by Gasteiger charge is -2.21. The van der Waals surface area contributed by atoms with Crippen LogP contribution in [-0.2, 0) is 4.79 Å². The van der Waals surface area contributed by atoms with Crippen LogP contribution in [0.25, 0.3) is 23.3 Å². The molecule has 180 valence electrons. The summed E-state index contributed by atoms with van der Waals surface area (Å²) < 4.78 is 13.9. The van der Waals surface area contributed by atoms with Gasteiger partial charge >= 0.3 is 5.97 Å². The lowest BCUT2D eigenvalue weighted by Crippen LogP contribution is -2.00. The third kappa shape index (κ3) is 7.03. The van der Waals surface area contributed by atoms with Gasteiger partial charge in [0.15, 0.2) is 0 Å². The smallest absolute Gasteiger partial charge is 0.328 e. The largest absolute Gasteiger partial charge is 0.478 e. The minimum Gasteiger partial charge on any atom is -0.478 e. The zero-order valence-corrected chi connectivity index (χ0v) is 21.2. The van der Waals surface area contributed by atoms with Crippen LogP contribution in [0.2, 0.25) is 5.02 Å². The topological polar surface area (TPSA) is 37.3 Å². The summed E-state index contributed by atoms with van der Waals surface area (Å²) >= 11 is 6.57. The molecule has 2 nitrogen and oxygen atoms in total. The Bertz CT molecular complexity index is 1300. The number of aliphatic carboxylic acids is 1. The van der Waals surface area contributed by atoms with E-state index in [0.717, 1.165) is 51.5 Å². The van der Waals surface area contributed by atoms with E-state index < -0.39 is 5.97 Å². The van der Waals surface area contributed by atoms with Crippen LogP contribution in [0.3, 0.4) is 0 Å². The number of carboxylic acids is 1. The molecular weight excluding hydrogens is 459 g/mol. The molecule has 0 spiro atoms. The first-order valence-corrected chi connectivity index (χ1v) is 12.0. The molecule has 35 heavy (non-hydrogen) atoms. The van der Waals surface area contributed by atoms with Crippen LogP contribution in [-0.4, -0.2) is 11.1 Å². The first kappa shape index (κ1) is 26.2. The maximum Gasteiger partial charge on any atom is 0.328 e. The van der Waals surface area contributed by atoms with E-state index in [0.29, 0.717) is 10.9 Å². The molecule has 1 N–H and O–H groups in total. The Morgan fingerprint density at radius 3 is 2.34 bits per heavy atom. The molecule has 4 heteroatoms. The van der Waals surface area contributed by atoms with Gasteiger partial charge in [0.1, 0.15) is 5.82 Å². The number of carboxylic acid groups (broad SMARTS) is 1. The summed E-state index contributed by atoms with van der Waals surface area (Å²) in [6, 6.07) is 20.5. The monoisotopic (exact) mass is 488 g/mol. The summed E-state index contributed by atoms with van der Waals surface area (Å²) in [7, 11) is 0. The maximum absolute atomic E-state index is 13.9. The van der Waals surface area contributed by atoms with Crippen LogP contribution >= 0.6 is 11.6 Å². The Labute approximate surface area is 212 Å². The summed E-state index contributed by atoms with van der Waals surface area (Å²) in [5.41, 5.74) is 8.01. The van der Waals surface area contributed by atoms with Crippen LogP contribution in [0.1, 0.15) is 55.0 Å². The highest BCUT2D eigenvalue weighted by atomic mass is 35.5. The van der Waals surface area contributed by atoms with Crippen molar-refractivity contribution < 1.29 is 14.3 Å². The molecule has 0 saturated carbocycles. The highest BCUT2D eigenvalue weighted by Gasteiger charge is 2.18. The van der Waals surface area contributed by atoms with Gasteiger partial charge in [0.2, 0.25) is 0 Å². The molecule has 0 aliphatic rings. The van der Waals surface area contributed by atoms with Gasteiger partial charge in [0.25, 0.3) is 0 Å². The van der Waals surface area contributed by atoms with E-state index in [1.165, 1.54) is 17.7 Å². The fraction of sp³-hybridized carbons (Fsp3) is 0.194. The maximum atomic E-state index is 13.9. The van der Waals surface area contributed by atoms with Crippen molar-refractivity contribution >= 4 is 40.9 Å². The van der Waals surface area contributed by atoms with Crippen molar-refractivity contribution in [2.24, 2.45) is 5.92 Å². The molecule has 0 atom stereocenters. The highest BCUT2D eigenvalue weighted by Crippen LogP contribution is 2.39. The number of allylic oxidation sites excluding steroid dienone is 3. The third-order valence-electron chi connectivity index (χ3n) is 5.74. The molecule has 0 heterocycles. The van der Waals surface area contributed by atoms with Gasteiger partial charge in [0, 0.05) is 6.08 Å². The summed E-state index contributed by atoms with van der Waals surface area (Å²) in [5, 5.41) is 9.32. The SMILES string of the molecule is CC(=C\c1ccccc1C)/C(=C(\CC(C)C)c1ccc(F)cc1Cl)c1ccc(/C=C/C(=O)O)cc1. The van der Waals surface area contributed by atoms with E-state index in [4.69, 9.17) is 16.7 Å². The molecule has 0 radical (unpaired) electrons. The van der Waals surface area contributed by atoms with Gasteiger partial charge < -0.3 is 5.11 Å². The molecule has 3 rings (SSSR count). The van der Waals surface area contributed by atoms with Crippen LogP contribution in [0.15, 0.2) is 78.4 Å². The number of halogens is 2.